The number of aryl methyl sites for hydroxylation is 1. The number of nitrogens with zero attached hydrogens (tertiary/aromatic N) is 3. The summed E-state index contributed by atoms with van der Waals surface area (Å²) in [4.78, 5) is 14.5. The molecule has 6 nitrogen and oxygen atoms in total. The van der Waals surface area contributed by atoms with E-state index in [0.717, 1.165) is 12.8 Å². The second kappa shape index (κ2) is 6.84. The van der Waals surface area contributed by atoms with Crippen LogP contribution in [0.25, 0.3) is 5.69 Å². The molecule has 3 N–H and O–H groups in total. The molecule has 1 aliphatic heterocycles. The van der Waals surface area contributed by atoms with Gasteiger partial charge in [-0.15, -0.1) is 0 Å². The van der Waals surface area contributed by atoms with E-state index >= 15 is 0 Å². The highest BCUT2D eigenvalue weighted by Gasteiger charge is 2.29. The van der Waals surface area contributed by atoms with Crippen LogP contribution in [0.5, 0.6) is 5.75 Å². The molecule has 1 fully saturated rings. The predicted octanol–water partition coefficient (Wildman–Crippen LogP) is 2.22. The number of hydrogen-bond acceptors (Lipinski definition) is 4. The Morgan fingerprint density at radius 3 is 2.92 bits per heavy atom. The number of likely N-dealkylation sites (tertiary alicyclic amines) is 1. The number of carbonyl (C=O) groups excluding carboxylic acids is 1. The Morgan fingerprint density at radius 1 is 1.48 bits per heavy atom. The molecule has 2 aromatic rings. The van der Waals surface area contributed by atoms with E-state index in [9.17, 15) is 14.3 Å². The highest BCUT2D eigenvalue weighted by Crippen LogP contribution is 2.25. The van der Waals surface area contributed by atoms with Gasteiger partial charge >= 0.3 is 0 Å². The van der Waals surface area contributed by atoms with Crippen LogP contribution in [0.15, 0.2) is 24.4 Å². The number of hydrogen-bond donors (Lipinski definition) is 2. The van der Waals surface area contributed by atoms with Gasteiger partial charge in [0.1, 0.15) is 5.82 Å². The Morgan fingerprint density at radius 2 is 2.24 bits per heavy atom. The lowest BCUT2D eigenvalue weighted by Gasteiger charge is -2.34. The van der Waals surface area contributed by atoms with E-state index in [2.05, 4.69) is 5.10 Å². The van der Waals surface area contributed by atoms with Gasteiger partial charge in [0.05, 0.1) is 11.9 Å². The lowest BCUT2D eigenvalue weighted by Crippen LogP contribution is -2.45. The molecule has 0 spiro atoms. The van der Waals surface area contributed by atoms with Gasteiger partial charge in [0.2, 0.25) is 0 Å². The van der Waals surface area contributed by atoms with E-state index in [4.69, 9.17) is 5.73 Å². The number of rotatable bonds is 3. The number of halogens is 1. The number of carbonyl (C=O) groups is 1. The van der Waals surface area contributed by atoms with Crippen molar-refractivity contribution in [3.63, 3.8) is 0 Å². The Labute approximate surface area is 146 Å². The number of nitrogens with two attached hydrogens (primary N) is 1. The second-order valence-corrected chi connectivity index (χ2v) is 6.75. The van der Waals surface area contributed by atoms with Crippen LogP contribution in [-0.4, -0.2) is 44.8 Å². The minimum absolute atomic E-state index is 0.00838. The fraction of sp³-hybridized carbons (Fsp3) is 0.444. The molecular weight excluding hydrogens is 323 g/mol. The average Bonchev–Trinajstić information content (AvgIpc) is 2.95. The third-order valence-electron chi connectivity index (χ3n) is 4.79. The monoisotopic (exact) mass is 346 g/mol. The third kappa shape index (κ3) is 3.51. The van der Waals surface area contributed by atoms with Gasteiger partial charge in [0.15, 0.2) is 11.4 Å². The van der Waals surface area contributed by atoms with Crippen LogP contribution in [0.4, 0.5) is 4.39 Å². The highest BCUT2D eigenvalue weighted by molar-refractivity contribution is 5.95. The average molecular weight is 346 g/mol. The quantitative estimate of drug-likeness (QED) is 0.892. The van der Waals surface area contributed by atoms with Crippen molar-refractivity contribution in [1.29, 1.82) is 0 Å². The van der Waals surface area contributed by atoms with Gasteiger partial charge in [-0.25, -0.2) is 9.07 Å². The highest BCUT2D eigenvalue weighted by atomic mass is 19.1. The lowest BCUT2D eigenvalue weighted by atomic mass is 9.92. The Balaban J connectivity index is 1.86. The van der Waals surface area contributed by atoms with E-state index in [1.54, 1.807) is 17.9 Å². The van der Waals surface area contributed by atoms with E-state index in [1.165, 1.54) is 23.0 Å². The van der Waals surface area contributed by atoms with Gasteiger partial charge in [-0.1, -0.05) is 0 Å². The van der Waals surface area contributed by atoms with Crippen LogP contribution in [-0.2, 0) is 0 Å². The van der Waals surface area contributed by atoms with Crippen molar-refractivity contribution in [2.75, 3.05) is 13.1 Å². The van der Waals surface area contributed by atoms with Crippen molar-refractivity contribution >= 4 is 5.91 Å². The first-order valence-corrected chi connectivity index (χ1v) is 8.47. The number of piperidine rings is 1. The molecule has 2 unspecified atom stereocenters. The van der Waals surface area contributed by atoms with Crippen molar-refractivity contribution in [2.24, 2.45) is 11.7 Å². The largest absolute Gasteiger partial charge is 0.504 e. The molecule has 3 rings (SSSR count). The predicted molar refractivity (Wildman–Crippen MR) is 92.2 cm³/mol. The van der Waals surface area contributed by atoms with Gasteiger partial charge in [0.25, 0.3) is 5.91 Å². The van der Waals surface area contributed by atoms with Crippen molar-refractivity contribution in [3.05, 3.63) is 41.5 Å². The van der Waals surface area contributed by atoms with E-state index in [0.29, 0.717) is 24.3 Å². The minimum atomic E-state index is -0.343. The van der Waals surface area contributed by atoms with E-state index in [1.807, 2.05) is 6.92 Å². The molecule has 1 saturated heterocycles. The van der Waals surface area contributed by atoms with Crippen LogP contribution in [0.3, 0.4) is 0 Å². The van der Waals surface area contributed by atoms with Gasteiger partial charge in [-0.3, -0.25) is 4.79 Å². The zero-order chi connectivity index (χ0) is 18.1. The molecule has 1 aliphatic rings. The fourth-order valence-electron chi connectivity index (χ4n) is 3.29. The summed E-state index contributed by atoms with van der Waals surface area (Å²) in [5.41, 5.74) is 7.25. The van der Waals surface area contributed by atoms with Crippen LogP contribution >= 0.6 is 0 Å². The molecule has 2 atom stereocenters. The van der Waals surface area contributed by atoms with Crippen LogP contribution in [0.2, 0.25) is 0 Å². The maximum atomic E-state index is 13.3. The Kier molecular flexibility index (Phi) is 4.76. The SMILES string of the molecule is Cc1cc(F)ccc1-n1cc(O)c(C(=O)N2CCCC(C(C)N)C2)n1. The summed E-state index contributed by atoms with van der Waals surface area (Å²) in [5, 5.41) is 14.4. The maximum Gasteiger partial charge on any atom is 0.278 e. The molecule has 1 amide bonds. The van der Waals surface area contributed by atoms with E-state index in [-0.39, 0.29) is 35.1 Å². The second-order valence-electron chi connectivity index (χ2n) is 6.75. The third-order valence-corrected chi connectivity index (χ3v) is 4.79. The lowest BCUT2D eigenvalue weighted by molar-refractivity contribution is 0.0651. The number of aromatic nitrogens is 2. The van der Waals surface area contributed by atoms with Crippen LogP contribution < -0.4 is 5.73 Å². The molecule has 1 aromatic heterocycles. The zero-order valence-electron chi connectivity index (χ0n) is 14.4. The summed E-state index contributed by atoms with van der Waals surface area (Å²) < 4.78 is 14.7. The molecule has 0 aliphatic carbocycles. The van der Waals surface area contributed by atoms with Gasteiger partial charge in [-0.2, -0.15) is 5.10 Å². The molecule has 2 heterocycles. The molecule has 0 saturated carbocycles. The zero-order valence-corrected chi connectivity index (χ0v) is 14.4. The number of aromatic hydroxyl groups is 1. The number of benzene rings is 1. The summed E-state index contributed by atoms with van der Waals surface area (Å²) in [6.45, 7) is 4.89. The van der Waals surface area contributed by atoms with Gasteiger partial charge in [-0.05, 0) is 56.4 Å². The first kappa shape index (κ1) is 17.4. The van der Waals surface area contributed by atoms with Crippen LogP contribution in [0.1, 0.15) is 35.8 Å². The summed E-state index contributed by atoms with van der Waals surface area (Å²) in [7, 11) is 0. The smallest absolute Gasteiger partial charge is 0.278 e. The fourth-order valence-corrected chi connectivity index (χ4v) is 3.29. The summed E-state index contributed by atoms with van der Waals surface area (Å²) in [5.74, 6) is -0.580. The first-order chi connectivity index (χ1) is 11.9. The van der Waals surface area contributed by atoms with Crippen molar-refractivity contribution in [1.82, 2.24) is 14.7 Å². The first-order valence-electron chi connectivity index (χ1n) is 8.47. The topological polar surface area (TPSA) is 84.4 Å². The molecule has 7 heteroatoms. The molecule has 25 heavy (non-hydrogen) atoms. The molecule has 0 radical (unpaired) electrons. The molecule has 0 bridgehead atoms. The summed E-state index contributed by atoms with van der Waals surface area (Å²) in [6.07, 6.45) is 3.26. The van der Waals surface area contributed by atoms with Gasteiger partial charge in [0, 0.05) is 19.1 Å². The molecule has 134 valence electrons. The minimum Gasteiger partial charge on any atom is -0.504 e. The molecular formula is C18H23FN4O2. The standard InChI is InChI=1S/C18H23FN4O2/c1-11-8-14(19)5-6-15(11)23-10-16(24)17(21-23)18(25)22-7-3-4-13(9-22)12(2)20/h5-6,8,10,12-13,24H,3-4,7,9,20H2,1-2H3. The van der Waals surface area contributed by atoms with Gasteiger partial charge < -0.3 is 15.7 Å². The maximum absolute atomic E-state index is 13.3. The summed E-state index contributed by atoms with van der Waals surface area (Å²) >= 11 is 0. The van der Waals surface area contributed by atoms with Crippen molar-refractivity contribution in [3.8, 4) is 11.4 Å². The Bertz CT molecular complexity index is 787. The summed E-state index contributed by atoms with van der Waals surface area (Å²) in [6, 6.07) is 4.29. The van der Waals surface area contributed by atoms with Crippen LogP contribution in [0, 0.1) is 18.7 Å². The normalized spacial score (nSPS) is 19.0. The number of amides is 1. The van der Waals surface area contributed by atoms with Crippen molar-refractivity contribution < 1.29 is 14.3 Å². The van der Waals surface area contributed by atoms with E-state index < -0.39 is 0 Å². The Hall–Kier alpha value is -2.41. The molecule has 1 aromatic carbocycles. The van der Waals surface area contributed by atoms with Crippen molar-refractivity contribution in [2.45, 2.75) is 32.7 Å².